The smallest absolute Gasteiger partial charge is 0.274 e. The summed E-state index contributed by atoms with van der Waals surface area (Å²) in [5.41, 5.74) is 2.54. The molecule has 0 fully saturated rings. The number of carbonyl (C=O) groups is 1. The lowest BCUT2D eigenvalue weighted by molar-refractivity contribution is 0.0766. The van der Waals surface area contributed by atoms with Crippen LogP contribution in [0.4, 0.5) is 0 Å². The van der Waals surface area contributed by atoms with Gasteiger partial charge in [0, 0.05) is 37.8 Å². The highest BCUT2D eigenvalue weighted by molar-refractivity contribution is 5.93. The van der Waals surface area contributed by atoms with Gasteiger partial charge < -0.3 is 19.7 Å². The zero-order valence-corrected chi connectivity index (χ0v) is 14.0. The molecule has 0 atom stereocenters. The van der Waals surface area contributed by atoms with E-state index in [2.05, 4.69) is 15.5 Å². The molecule has 0 unspecified atom stereocenters. The van der Waals surface area contributed by atoms with Gasteiger partial charge in [0.2, 0.25) is 0 Å². The number of rotatable bonds is 6. The van der Waals surface area contributed by atoms with Crippen LogP contribution in [0.5, 0.6) is 11.5 Å². The summed E-state index contributed by atoms with van der Waals surface area (Å²) in [4.78, 5) is 14.2. The second-order valence-corrected chi connectivity index (χ2v) is 5.71. The van der Waals surface area contributed by atoms with E-state index in [0.29, 0.717) is 25.4 Å². The third kappa shape index (κ3) is 3.51. The Morgan fingerprint density at radius 3 is 2.79 bits per heavy atom. The number of aromatic amines is 1. The van der Waals surface area contributed by atoms with E-state index in [4.69, 9.17) is 9.47 Å². The van der Waals surface area contributed by atoms with Crippen molar-refractivity contribution in [3.63, 3.8) is 0 Å². The summed E-state index contributed by atoms with van der Waals surface area (Å²) in [5, 5.41) is 10.4. The third-order valence-corrected chi connectivity index (χ3v) is 4.11. The molecule has 0 saturated carbocycles. The Morgan fingerprint density at radius 1 is 1.29 bits per heavy atom. The van der Waals surface area contributed by atoms with Crippen molar-refractivity contribution >= 4 is 5.91 Å². The first-order chi connectivity index (χ1) is 11.7. The van der Waals surface area contributed by atoms with Crippen molar-refractivity contribution in [2.24, 2.45) is 0 Å². The van der Waals surface area contributed by atoms with Gasteiger partial charge in [-0.3, -0.25) is 9.89 Å². The van der Waals surface area contributed by atoms with Gasteiger partial charge in [-0.25, -0.2) is 0 Å². The van der Waals surface area contributed by atoms with E-state index in [1.165, 1.54) is 0 Å². The number of benzene rings is 1. The molecule has 0 aliphatic carbocycles. The Bertz CT molecular complexity index is 696. The van der Waals surface area contributed by atoms with E-state index >= 15 is 0 Å². The van der Waals surface area contributed by atoms with Crippen LogP contribution in [0.25, 0.3) is 0 Å². The Morgan fingerprint density at radius 2 is 2.04 bits per heavy atom. The largest absolute Gasteiger partial charge is 0.497 e. The van der Waals surface area contributed by atoms with E-state index < -0.39 is 0 Å². The van der Waals surface area contributed by atoms with Crippen LogP contribution in [0.3, 0.4) is 0 Å². The van der Waals surface area contributed by atoms with Gasteiger partial charge in [-0.15, -0.1) is 0 Å². The fourth-order valence-corrected chi connectivity index (χ4v) is 2.66. The predicted octanol–water partition coefficient (Wildman–Crippen LogP) is 1.21. The zero-order valence-electron chi connectivity index (χ0n) is 14.0. The first-order valence-corrected chi connectivity index (χ1v) is 7.98. The molecule has 7 heteroatoms. The van der Waals surface area contributed by atoms with Crippen LogP contribution in [0.1, 0.15) is 21.7 Å². The highest BCUT2D eigenvalue weighted by Crippen LogP contribution is 2.18. The number of aromatic nitrogens is 2. The number of carbonyl (C=O) groups excluding carboxylic acids is 1. The van der Waals surface area contributed by atoms with Crippen molar-refractivity contribution in [2.45, 2.75) is 13.0 Å². The molecule has 2 heterocycles. The average Bonchev–Trinajstić information content (AvgIpc) is 3.05. The molecule has 2 N–H and O–H groups in total. The molecule has 1 aromatic heterocycles. The molecule has 3 rings (SSSR count). The Balaban J connectivity index is 1.53. The Labute approximate surface area is 140 Å². The fourth-order valence-electron chi connectivity index (χ4n) is 2.66. The molecule has 1 amide bonds. The van der Waals surface area contributed by atoms with Crippen LogP contribution < -0.4 is 14.8 Å². The number of likely N-dealkylation sites (N-methyl/N-ethyl adjacent to an activating group) is 1. The lowest BCUT2D eigenvalue weighted by atomic mass is 10.1. The molecule has 0 spiro atoms. The second-order valence-electron chi connectivity index (χ2n) is 5.71. The molecule has 0 saturated heterocycles. The third-order valence-electron chi connectivity index (χ3n) is 4.11. The maximum absolute atomic E-state index is 12.5. The number of ether oxygens (including phenoxy) is 2. The summed E-state index contributed by atoms with van der Waals surface area (Å²) in [6.07, 6.45) is 0.875. The lowest BCUT2D eigenvalue weighted by Crippen LogP contribution is -2.33. The molecule has 2 aromatic rings. The number of methoxy groups -OCH3 is 1. The van der Waals surface area contributed by atoms with Crippen LogP contribution in [0, 0.1) is 0 Å². The molecule has 0 radical (unpaired) electrons. The summed E-state index contributed by atoms with van der Waals surface area (Å²) in [5.74, 6) is 1.44. The van der Waals surface area contributed by atoms with Crippen LogP contribution >= 0.6 is 0 Å². The molecule has 0 bridgehead atoms. The summed E-state index contributed by atoms with van der Waals surface area (Å²) >= 11 is 0. The molecule has 24 heavy (non-hydrogen) atoms. The maximum Gasteiger partial charge on any atom is 0.274 e. The minimum absolute atomic E-state index is 0.0884. The molecule has 7 nitrogen and oxygen atoms in total. The Hall–Kier alpha value is -2.54. The number of H-pyrrole nitrogens is 1. The van der Waals surface area contributed by atoms with E-state index in [1.54, 1.807) is 19.1 Å². The highest BCUT2D eigenvalue weighted by atomic mass is 16.5. The van der Waals surface area contributed by atoms with Crippen LogP contribution in [-0.2, 0) is 13.0 Å². The van der Waals surface area contributed by atoms with Crippen LogP contribution in [-0.4, -0.2) is 54.9 Å². The zero-order chi connectivity index (χ0) is 16.9. The second kappa shape index (κ2) is 7.35. The summed E-state index contributed by atoms with van der Waals surface area (Å²) in [7, 11) is 3.39. The summed E-state index contributed by atoms with van der Waals surface area (Å²) in [6, 6.07) is 7.37. The van der Waals surface area contributed by atoms with Gasteiger partial charge in [0.15, 0.2) is 5.69 Å². The SMILES string of the molecule is COc1ccc(OCCN(C)C(=O)c2n[nH]c3c2CNCC3)cc1. The maximum atomic E-state index is 12.5. The summed E-state index contributed by atoms with van der Waals surface area (Å²) < 4.78 is 10.8. The molecule has 128 valence electrons. The first kappa shape index (κ1) is 16.3. The minimum atomic E-state index is -0.0884. The van der Waals surface area contributed by atoms with Crippen molar-refractivity contribution in [1.82, 2.24) is 20.4 Å². The predicted molar refractivity (Wildman–Crippen MR) is 89.4 cm³/mol. The van der Waals surface area contributed by atoms with Crippen molar-refractivity contribution < 1.29 is 14.3 Å². The van der Waals surface area contributed by atoms with Gasteiger partial charge in [-0.1, -0.05) is 0 Å². The van der Waals surface area contributed by atoms with E-state index in [0.717, 1.165) is 35.7 Å². The van der Waals surface area contributed by atoms with E-state index in [1.807, 2.05) is 24.3 Å². The molecule has 1 aliphatic heterocycles. The normalized spacial score (nSPS) is 13.2. The lowest BCUT2D eigenvalue weighted by Gasteiger charge is -2.18. The average molecular weight is 330 g/mol. The number of hydrogen-bond donors (Lipinski definition) is 2. The van der Waals surface area contributed by atoms with Gasteiger partial charge in [0.05, 0.1) is 13.7 Å². The van der Waals surface area contributed by atoms with Crippen molar-refractivity contribution in [2.75, 3.05) is 33.9 Å². The molecule has 1 aromatic carbocycles. The topological polar surface area (TPSA) is 79.5 Å². The van der Waals surface area contributed by atoms with Gasteiger partial charge in [-0.2, -0.15) is 5.10 Å². The molecule has 1 aliphatic rings. The highest BCUT2D eigenvalue weighted by Gasteiger charge is 2.23. The van der Waals surface area contributed by atoms with E-state index in [9.17, 15) is 4.79 Å². The van der Waals surface area contributed by atoms with Gasteiger partial charge >= 0.3 is 0 Å². The number of amides is 1. The number of fused-ring (bicyclic) bond motifs is 1. The molecular formula is C17H22N4O3. The molecular weight excluding hydrogens is 308 g/mol. The number of nitrogens with one attached hydrogen (secondary N) is 2. The monoisotopic (exact) mass is 330 g/mol. The van der Waals surface area contributed by atoms with Gasteiger partial charge in [-0.05, 0) is 24.3 Å². The Kier molecular flexibility index (Phi) is 5.00. The number of hydrogen-bond acceptors (Lipinski definition) is 5. The van der Waals surface area contributed by atoms with Gasteiger partial charge in [0.25, 0.3) is 5.91 Å². The quantitative estimate of drug-likeness (QED) is 0.832. The standard InChI is InChI=1S/C17H22N4O3/c1-21(9-10-24-13-5-3-12(23-2)4-6-13)17(22)16-14-11-18-8-7-15(14)19-20-16/h3-6,18H,7-11H2,1-2H3,(H,19,20). The summed E-state index contributed by atoms with van der Waals surface area (Å²) in [6.45, 7) is 2.50. The van der Waals surface area contributed by atoms with Crippen molar-refractivity contribution in [1.29, 1.82) is 0 Å². The van der Waals surface area contributed by atoms with E-state index in [-0.39, 0.29) is 5.91 Å². The first-order valence-electron chi connectivity index (χ1n) is 7.98. The van der Waals surface area contributed by atoms with Crippen molar-refractivity contribution in [3.8, 4) is 11.5 Å². The van der Waals surface area contributed by atoms with Crippen LogP contribution in [0.2, 0.25) is 0 Å². The fraction of sp³-hybridized carbons (Fsp3) is 0.412. The van der Waals surface area contributed by atoms with Gasteiger partial charge in [0.1, 0.15) is 18.1 Å². The minimum Gasteiger partial charge on any atom is -0.497 e. The van der Waals surface area contributed by atoms with Crippen LogP contribution in [0.15, 0.2) is 24.3 Å². The number of nitrogens with zero attached hydrogens (tertiary/aromatic N) is 2. The van der Waals surface area contributed by atoms with Crippen molar-refractivity contribution in [3.05, 3.63) is 41.2 Å².